The summed E-state index contributed by atoms with van der Waals surface area (Å²) in [7, 11) is 0. The highest BCUT2D eigenvalue weighted by atomic mass is 16.6. The summed E-state index contributed by atoms with van der Waals surface area (Å²) in [6.45, 7) is 14.9. The van der Waals surface area contributed by atoms with E-state index in [1.807, 2.05) is 52.8 Å². The third-order valence-electron chi connectivity index (χ3n) is 5.49. The second-order valence-corrected chi connectivity index (χ2v) is 10.5. The number of rotatable bonds is 12. The number of nitrogens with zero attached hydrogens (tertiary/aromatic N) is 1. The lowest BCUT2D eigenvalue weighted by Crippen LogP contribution is -2.54. The third-order valence-corrected chi connectivity index (χ3v) is 5.49. The van der Waals surface area contributed by atoms with Crippen LogP contribution >= 0.6 is 0 Å². The topological polar surface area (TPSA) is 131 Å². The van der Waals surface area contributed by atoms with Gasteiger partial charge in [0.1, 0.15) is 17.7 Å². The van der Waals surface area contributed by atoms with Crippen LogP contribution in [0.25, 0.3) is 0 Å². The molecule has 0 aliphatic carbocycles. The number of carbonyl (C=O) groups is 4. The van der Waals surface area contributed by atoms with Crippen LogP contribution in [0.5, 0.6) is 0 Å². The molecule has 0 radical (unpaired) electrons. The largest absolute Gasteiger partial charge is 0.444 e. The average molecular weight is 505 g/mol. The first-order valence-corrected chi connectivity index (χ1v) is 12.6. The summed E-state index contributed by atoms with van der Waals surface area (Å²) >= 11 is 0. The Balaban J connectivity index is 3.59. The van der Waals surface area contributed by atoms with E-state index in [-0.39, 0.29) is 18.5 Å². The molecular weight excluding hydrogens is 460 g/mol. The molecule has 2 atom stereocenters. The lowest BCUT2D eigenvalue weighted by molar-refractivity contribution is -0.143. The fourth-order valence-corrected chi connectivity index (χ4v) is 4.00. The van der Waals surface area contributed by atoms with E-state index in [9.17, 15) is 19.2 Å². The van der Waals surface area contributed by atoms with E-state index < -0.39 is 42.0 Å². The summed E-state index contributed by atoms with van der Waals surface area (Å²) in [5.74, 6) is -1.65. The van der Waals surface area contributed by atoms with E-state index in [4.69, 9.17) is 10.5 Å². The molecule has 0 heterocycles. The number of nitrogens with one attached hydrogen (secondary N) is 2. The van der Waals surface area contributed by atoms with Crippen molar-refractivity contribution in [1.82, 2.24) is 15.5 Å². The van der Waals surface area contributed by atoms with E-state index >= 15 is 0 Å². The molecule has 4 amide bonds. The summed E-state index contributed by atoms with van der Waals surface area (Å²) in [5.41, 5.74) is 7.07. The highest BCUT2D eigenvalue weighted by Crippen LogP contribution is 2.29. The lowest BCUT2D eigenvalue weighted by Gasteiger charge is -2.36. The molecule has 0 aliphatic rings. The van der Waals surface area contributed by atoms with Gasteiger partial charge >= 0.3 is 6.09 Å². The molecule has 4 N–H and O–H groups in total. The number of primary amides is 1. The summed E-state index contributed by atoms with van der Waals surface area (Å²) in [5, 5.41) is 5.44. The van der Waals surface area contributed by atoms with Crippen molar-refractivity contribution in [3.05, 3.63) is 34.9 Å². The molecule has 0 spiro atoms. The minimum Gasteiger partial charge on any atom is -0.444 e. The Morgan fingerprint density at radius 2 is 1.61 bits per heavy atom. The number of alkyl carbamates (subject to hydrolysis) is 1. The minimum absolute atomic E-state index is 0.154. The molecular formula is C27H44N4O5. The van der Waals surface area contributed by atoms with Gasteiger partial charge in [-0.3, -0.25) is 14.4 Å². The molecule has 1 rings (SSSR count). The first-order valence-electron chi connectivity index (χ1n) is 12.6. The Bertz CT molecular complexity index is 903. The molecule has 2 unspecified atom stereocenters. The van der Waals surface area contributed by atoms with Gasteiger partial charge in [-0.05, 0) is 71.6 Å². The molecule has 9 heteroatoms. The van der Waals surface area contributed by atoms with Crippen LogP contribution in [0, 0.1) is 13.8 Å². The second kappa shape index (κ2) is 13.8. The van der Waals surface area contributed by atoms with E-state index in [2.05, 4.69) is 10.6 Å². The van der Waals surface area contributed by atoms with E-state index in [1.54, 1.807) is 20.8 Å². The maximum atomic E-state index is 14.0. The van der Waals surface area contributed by atoms with Crippen molar-refractivity contribution < 1.29 is 23.9 Å². The number of hydrogen-bond donors (Lipinski definition) is 3. The number of carbonyl (C=O) groups excluding carboxylic acids is 4. The summed E-state index contributed by atoms with van der Waals surface area (Å²) < 4.78 is 5.31. The highest BCUT2D eigenvalue weighted by Gasteiger charge is 2.38. The number of hydrogen-bond acceptors (Lipinski definition) is 5. The predicted molar refractivity (Wildman–Crippen MR) is 140 cm³/mol. The second-order valence-electron chi connectivity index (χ2n) is 10.5. The van der Waals surface area contributed by atoms with Crippen LogP contribution in [-0.2, 0) is 19.1 Å². The summed E-state index contributed by atoms with van der Waals surface area (Å²) in [6.07, 6.45) is 1.14. The fourth-order valence-electron chi connectivity index (χ4n) is 4.00. The average Bonchev–Trinajstić information content (AvgIpc) is 2.71. The van der Waals surface area contributed by atoms with Crippen molar-refractivity contribution in [1.29, 1.82) is 0 Å². The van der Waals surface area contributed by atoms with Crippen molar-refractivity contribution in [2.45, 2.75) is 105 Å². The van der Waals surface area contributed by atoms with Crippen molar-refractivity contribution in [3.63, 3.8) is 0 Å². The van der Waals surface area contributed by atoms with Crippen molar-refractivity contribution in [2.24, 2.45) is 5.73 Å². The van der Waals surface area contributed by atoms with Crippen molar-refractivity contribution >= 4 is 23.8 Å². The van der Waals surface area contributed by atoms with Gasteiger partial charge in [-0.2, -0.15) is 0 Å². The van der Waals surface area contributed by atoms with Crippen molar-refractivity contribution in [2.75, 3.05) is 6.54 Å². The van der Waals surface area contributed by atoms with Gasteiger partial charge in [0.05, 0.1) is 6.42 Å². The molecule has 9 nitrogen and oxygen atoms in total. The minimum atomic E-state index is -1.28. The number of benzene rings is 1. The number of aryl methyl sites for hydroxylation is 2. The Labute approximate surface area is 215 Å². The highest BCUT2D eigenvalue weighted by molar-refractivity contribution is 5.94. The van der Waals surface area contributed by atoms with Gasteiger partial charge in [0.25, 0.3) is 0 Å². The fraction of sp³-hybridized carbons (Fsp3) is 0.630. The Morgan fingerprint density at radius 1 is 1.03 bits per heavy atom. The van der Waals surface area contributed by atoms with E-state index in [0.29, 0.717) is 6.42 Å². The van der Waals surface area contributed by atoms with Crippen LogP contribution in [-0.4, -0.2) is 52.9 Å². The number of amides is 4. The number of ether oxygens (including phenoxy) is 1. The lowest BCUT2D eigenvalue weighted by atomic mass is 9.93. The number of nitrogens with two attached hydrogens (primary N) is 1. The first-order chi connectivity index (χ1) is 16.7. The molecule has 36 heavy (non-hydrogen) atoms. The zero-order valence-corrected chi connectivity index (χ0v) is 23.1. The maximum Gasteiger partial charge on any atom is 0.408 e. The van der Waals surface area contributed by atoms with E-state index in [1.165, 1.54) is 4.90 Å². The standard InChI is InChI=1S/C27H44N4O5/c1-9-10-11-15-31(25(34)20(16-21(28)32)30-26(35)36-27(6,7)8)23(24(33)29-17(2)3)22-18(4)13-12-14-19(22)5/h12-14,17,20,23H,9-11,15-16H2,1-8H3,(H2,28,32)(H,29,33)(H,30,35). The molecule has 0 bridgehead atoms. The van der Waals surface area contributed by atoms with Crippen LogP contribution in [0.2, 0.25) is 0 Å². The van der Waals surface area contributed by atoms with Crippen LogP contribution in [0.15, 0.2) is 18.2 Å². The molecule has 1 aromatic carbocycles. The Kier molecular flexibility index (Phi) is 11.9. The summed E-state index contributed by atoms with van der Waals surface area (Å²) in [4.78, 5) is 53.4. The van der Waals surface area contributed by atoms with E-state index in [0.717, 1.165) is 29.5 Å². The molecule has 0 saturated carbocycles. The normalized spacial score (nSPS) is 13.0. The molecule has 202 valence electrons. The quantitative estimate of drug-likeness (QED) is 0.374. The van der Waals surface area contributed by atoms with Gasteiger partial charge in [-0.15, -0.1) is 0 Å². The monoisotopic (exact) mass is 504 g/mol. The molecule has 0 aliphatic heterocycles. The van der Waals surface area contributed by atoms with Crippen LogP contribution < -0.4 is 16.4 Å². The van der Waals surface area contributed by atoms with Gasteiger partial charge < -0.3 is 26.0 Å². The molecule has 0 saturated heterocycles. The zero-order valence-electron chi connectivity index (χ0n) is 23.1. The Hall–Kier alpha value is -3.10. The Morgan fingerprint density at radius 3 is 2.08 bits per heavy atom. The summed E-state index contributed by atoms with van der Waals surface area (Å²) in [6, 6.07) is 3.30. The first kappa shape index (κ1) is 30.9. The van der Waals surface area contributed by atoms with Crippen molar-refractivity contribution in [3.8, 4) is 0 Å². The predicted octanol–water partition coefficient (Wildman–Crippen LogP) is 3.66. The zero-order chi connectivity index (χ0) is 27.6. The molecule has 1 aromatic rings. The van der Waals surface area contributed by atoms with Gasteiger partial charge in [-0.1, -0.05) is 38.0 Å². The smallest absolute Gasteiger partial charge is 0.408 e. The maximum absolute atomic E-state index is 14.0. The van der Waals surface area contributed by atoms with Gasteiger partial charge in [0, 0.05) is 12.6 Å². The van der Waals surface area contributed by atoms with Crippen LogP contribution in [0.1, 0.15) is 90.0 Å². The SMILES string of the molecule is CCCCCN(C(=O)C(CC(N)=O)NC(=O)OC(C)(C)C)C(C(=O)NC(C)C)c1c(C)cccc1C. The van der Waals surface area contributed by atoms with Crippen LogP contribution in [0.3, 0.4) is 0 Å². The third kappa shape index (κ3) is 9.87. The molecule has 0 fully saturated rings. The van der Waals surface area contributed by atoms with Gasteiger partial charge in [0.15, 0.2) is 0 Å². The van der Waals surface area contributed by atoms with Crippen LogP contribution in [0.4, 0.5) is 4.79 Å². The van der Waals surface area contributed by atoms with Gasteiger partial charge in [-0.25, -0.2) is 4.79 Å². The van der Waals surface area contributed by atoms with Gasteiger partial charge in [0.2, 0.25) is 17.7 Å². The molecule has 0 aromatic heterocycles. The number of unbranched alkanes of at least 4 members (excludes halogenated alkanes) is 2.